The molecule has 2 heterocycles. The van der Waals surface area contributed by atoms with E-state index in [0.29, 0.717) is 35.6 Å². The van der Waals surface area contributed by atoms with E-state index in [0.717, 1.165) is 18.4 Å². The SMILES string of the molecule is NC(C(=O)NC1COc2c1ccc(Cl)c2Cl)C1CCOCC1. The molecule has 7 heteroatoms. The molecule has 0 saturated carbocycles. The summed E-state index contributed by atoms with van der Waals surface area (Å²) in [6.45, 7) is 1.66. The fourth-order valence-corrected chi connectivity index (χ4v) is 3.28. The second-order valence-corrected chi connectivity index (χ2v) is 6.41. The van der Waals surface area contributed by atoms with Gasteiger partial charge in [0.15, 0.2) is 0 Å². The molecule has 2 unspecified atom stereocenters. The molecule has 22 heavy (non-hydrogen) atoms. The molecule has 1 fully saturated rings. The van der Waals surface area contributed by atoms with Gasteiger partial charge in [0.1, 0.15) is 17.4 Å². The van der Waals surface area contributed by atoms with E-state index in [-0.39, 0.29) is 17.9 Å². The van der Waals surface area contributed by atoms with E-state index in [4.69, 9.17) is 38.4 Å². The van der Waals surface area contributed by atoms with Gasteiger partial charge in [-0.2, -0.15) is 0 Å². The Balaban J connectivity index is 1.67. The van der Waals surface area contributed by atoms with E-state index in [9.17, 15) is 4.79 Å². The van der Waals surface area contributed by atoms with Crippen LogP contribution in [0.4, 0.5) is 0 Å². The molecule has 0 spiro atoms. The lowest BCUT2D eigenvalue weighted by Gasteiger charge is -2.27. The zero-order valence-corrected chi connectivity index (χ0v) is 13.5. The third-order valence-electron chi connectivity index (χ3n) is 4.24. The van der Waals surface area contributed by atoms with Crippen molar-refractivity contribution >= 4 is 29.1 Å². The monoisotopic (exact) mass is 344 g/mol. The van der Waals surface area contributed by atoms with E-state index in [1.165, 1.54) is 0 Å². The van der Waals surface area contributed by atoms with Crippen molar-refractivity contribution in [2.75, 3.05) is 19.8 Å². The van der Waals surface area contributed by atoms with Crippen LogP contribution in [0.2, 0.25) is 10.0 Å². The topological polar surface area (TPSA) is 73.6 Å². The fourth-order valence-electron chi connectivity index (χ4n) is 2.90. The number of carbonyl (C=O) groups excluding carboxylic acids is 1. The molecule has 3 N–H and O–H groups in total. The van der Waals surface area contributed by atoms with E-state index in [1.807, 2.05) is 6.07 Å². The average Bonchev–Trinajstić information content (AvgIpc) is 2.94. The summed E-state index contributed by atoms with van der Waals surface area (Å²) in [5.41, 5.74) is 6.92. The van der Waals surface area contributed by atoms with Gasteiger partial charge in [0.25, 0.3) is 0 Å². The Kier molecular flexibility index (Phi) is 4.78. The highest BCUT2D eigenvalue weighted by atomic mass is 35.5. The molecule has 2 aliphatic heterocycles. The smallest absolute Gasteiger partial charge is 0.237 e. The molecular weight excluding hydrogens is 327 g/mol. The summed E-state index contributed by atoms with van der Waals surface area (Å²) < 4.78 is 10.9. The Morgan fingerprint density at radius 3 is 2.77 bits per heavy atom. The first kappa shape index (κ1) is 15.9. The summed E-state index contributed by atoms with van der Waals surface area (Å²) in [5, 5.41) is 3.76. The third-order valence-corrected chi connectivity index (χ3v) is 5.03. The number of hydrogen-bond donors (Lipinski definition) is 2. The highest BCUT2D eigenvalue weighted by molar-refractivity contribution is 6.43. The zero-order valence-electron chi connectivity index (χ0n) is 12.0. The first-order chi connectivity index (χ1) is 10.6. The summed E-state index contributed by atoms with van der Waals surface area (Å²) >= 11 is 12.1. The van der Waals surface area contributed by atoms with E-state index < -0.39 is 6.04 Å². The zero-order chi connectivity index (χ0) is 15.7. The second kappa shape index (κ2) is 6.62. The molecule has 1 saturated heterocycles. The van der Waals surface area contributed by atoms with Crippen molar-refractivity contribution in [3.63, 3.8) is 0 Å². The Hall–Kier alpha value is -1.01. The van der Waals surface area contributed by atoms with Crippen LogP contribution in [-0.2, 0) is 9.53 Å². The maximum absolute atomic E-state index is 12.4. The van der Waals surface area contributed by atoms with Crippen LogP contribution in [0.25, 0.3) is 0 Å². The lowest BCUT2D eigenvalue weighted by Crippen LogP contribution is -2.48. The number of rotatable bonds is 3. The van der Waals surface area contributed by atoms with Gasteiger partial charge in [0, 0.05) is 18.8 Å². The lowest BCUT2D eigenvalue weighted by molar-refractivity contribution is -0.125. The van der Waals surface area contributed by atoms with Crippen LogP contribution in [0.15, 0.2) is 12.1 Å². The number of amides is 1. The van der Waals surface area contributed by atoms with Gasteiger partial charge in [0.05, 0.1) is 17.1 Å². The van der Waals surface area contributed by atoms with Crippen molar-refractivity contribution in [2.24, 2.45) is 11.7 Å². The number of nitrogens with two attached hydrogens (primary N) is 1. The van der Waals surface area contributed by atoms with Crippen LogP contribution >= 0.6 is 23.2 Å². The molecule has 2 aliphatic rings. The van der Waals surface area contributed by atoms with Crippen molar-refractivity contribution in [1.29, 1.82) is 0 Å². The molecule has 5 nitrogen and oxygen atoms in total. The molecular formula is C15H18Cl2N2O3. The predicted molar refractivity (Wildman–Crippen MR) is 84.4 cm³/mol. The maximum atomic E-state index is 12.4. The van der Waals surface area contributed by atoms with Crippen molar-refractivity contribution in [2.45, 2.75) is 24.9 Å². The largest absolute Gasteiger partial charge is 0.489 e. The molecule has 2 atom stereocenters. The number of nitrogens with one attached hydrogen (secondary N) is 1. The van der Waals surface area contributed by atoms with Crippen molar-refractivity contribution in [3.8, 4) is 5.75 Å². The minimum Gasteiger partial charge on any atom is -0.489 e. The minimum absolute atomic E-state index is 0.157. The van der Waals surface area contributed by atoms with Crippen LogP contribution < -0.4 is 15.8 Å². The van der Waals surface area contributed by atoms with Gasteiger partial charge in [-0.05, 0) is 24.8 Å². The molecule has 1 aromatic rings. The van der Waals surface area contributed by atoms with Crippen LogP contribution in [0.3, 0.4) is 0 Å². The number of halogens is 2. The van der Waals surface area contributed by atoms with Gasteiger partial charge >= 0.3 is 0 Å². The predicted octanol–water partition coefficient (Wildman–Crippen LogP) is 2.30. The molecule has 0 aliphatic carbocycles. The van der Waals surface area contributed by atoms with Crippen LogP contribution in [-0.4, -0.2) is 31.8 Å². The molecule has 0 aromatic heterocycles. The fraction of sp³-hybridized carbons (Fsp3) is 0.533. The quantitative estimate of drug-likeness (QED) is 0.882. The van der Waals surface area contributed by atoms with Crippen molar-refractivity contribution in [1.82, 2.24) is 5.32 Å². The van der Waals surface area contributed by atoms with Gasteiger partial charge in [-0.15, -0.1) is 0 Å². The lowest BCUT2D eigenvalue weighted by atomic mass is 9.91. The van der Waals surface area contributed by atoms with Gasteiger partial charge in [-0.1, -0.05) is 29.3 Å². The second-order valence-electron chi connectivity index (χ2n) is 5.63. The summed E-state index contributed by atoms with van der Waals surface area (Å²) in [4.78, 5) is 12.4. The van der Waals surface area contributed by atoms with E-state index in [2.05, 4.69) is 5.32 Å². The summed E-state index contributed by atoms with van der Waals surface area (Å²) in [5.74, 6) is 0.530. The van der Waals surface area contributed by atoms with Crippen LogP contribution in [0.5, 0.6) is 5.75 Å². The number of benzene rings is 1. The number of fused-ring (bicyclic) bond motifs is 1. The molecule has 0 bridgehead atoms. The highest BCUT2D eigenvalue weighted by Gasteiger charge is 2.32. The number of carbonyl (C=O) groups is 1. The van der Waals surface area contributed by atoms with E-state index in [1.54, 1.807) is 6.07 Å². The van der Waals surface area contributed by atoms with E-state index >= 15 is 0 Å². The molecule has 120 valence electrons. The summed E-state index contributed by atoms with van der Waals surface area (Å²) in [6.07, 6.45) is 1.63. The Bertz CT molecular complexity index is 576. The van der Waals surface area contributed by atoms with Gasteiger partial charge in [0.2, 0.25) is 5.91 Å². The van der Waals surface area contributed by atoms with Gasteiger partial charge in [-0.25, -0.2) is 0 Å². The molecule has 3 rings (SSSR count). The van der Waals surface area contributed by atoms with Crippen molar-refractivity contribution in [3.05, 3.63) is 27.7 Å². The third kappa shape index (κ3) is 3.04. The summed E-state index contributed by atoms with van der Waals surface area (Å²) in [7, 11) is 0. The van der Waals surface area contributed by atoms with Crippen LogP contribution in [0, 0.1) is 5.92 Å². The number of hydrogen-bond acceptors (Lipinski definition) is 4. The highest BCUT2D eigenvalue weighted by Crippen LogP contribution is 2.42. The first-order valence-corrected chi connectivity index (χ1v) is 8.08. The Morgan fingerprint density at radius 1 is 1.32 bits per heavy atom. The number of ether oxygens (including phenoxy) is 2. The van der Waals surface area contributed by atoms with Gasteiger partial charge in [-0.3, -0.25) is 4.79 Å². The molecule has 1 amide bonds. The molecule has 1 aromatic carbocycles. The first-order valence-electron chi connectivity index (χ1n) is 7.32. The Labute approximate surface area is 139 Å². The minimum atomic E-state index is -0.532. The maximum Gasteiger partial charge on any atom is 0.237 e. The Morgan fingerprint density at radius 2 is 2.05 bits per heavy atom. The normalized spacial score (nSPS) is 22.8. The average molecular weight is 345 g/mol. The standard InChI is InChI=1S/C15H18Cl2N2O3/c16-10-2-1-9-11(7-22-14(9)12(10)17)19-15(20)13(18)8-3-5-21-6-4-8/h1-2,8,11,13H,3-7,18H2,(H,19,20). The van der Waals surface area contributed by atoms with Crippen molar-refractivity contribution < 1.29 is 14.3 Å². The summed E-state index contributed by atoms with van der Waals surface area (Å²) in [6, 6.07) is 2.75. The molecule has 0 radical (unpaired) electrons. The van der Waals surface area contributed by atoms with Crippen LogP contribution in [0.1, 0.15) is 24.4 Å². The van der Waals surface area contributed by atoms with Gasteiger partial charge < -0.3 is 20.5 Å².